The van der Waals surface area contributed by atoms with E-state index in [-0.39, 0.29) is 4.31 Å². The average Bonchev–Trinajstić information content (AvgIpc) is 2.54. The van der Waals surface area contributed by atoms with Crippen LogP contribution in [0.25, 0.3) is 0 Å². The molecule has 0 saturated carbocycles. The van der Waals surface area contributed by atoms with Crippen LogP contribution in [0.4, 0.5) is 23.2 Å². The van der Waals surface area contributed by atoms with Gasteiger partial charge in [-0.25, -0.2) is 26.4 Å². The molecule has 1 rings (SSSR count). The first-order valence-electron chi connectivity index (χ1n) is 7.02. The lowest BCUT2D eigenvalue weighted by atomic mass is 10.1. The Hall–Kier alpha value is -1.73. The van der Waals surface area contributed by atoms with Crippen LogP contribution in [0.1, 0.15) is 23.2 Å². The third-order valence-corrected chi connectivity index (χ3v) is 5.86. The van der Waals surface area contributed by atoms with Gasteiger partial charge in [-0.15, -0.1) is 0 Å². The Kier molecular flexibility index (Phi) is 7.96. The molecule has 0 aliphatic heterocycles. The number of halogens is 4. The summed E-state index contributed by atoms with van der Waals surface area (Å²) in [5.41, 5.74) is -4.83. The first kappa shape index (κ1) is 22.3. The Balaban J connectivity index is 3.07. The van der Waals surface area contributed by atoms with Crippen LogP contribution in [0.2, 0.25) is 0 Å². The van der Waals surface area contributed by atoms with Crippen molar-refractivity contribution in [3.05, 3.63) is 29.3 Å². The molecule has 0 heterocycles. The molecule has 1 N–H and O–H groups in total. The van der Waals surface area contributed by atoms with Gasteiger partial charge in [0.2, 0.25) is 5.50 Å². The molecule has 0 fully saturated rings. The van der Waals surface area contributed by atoms with Crippen molar-refractivity contribution in [1.82, 2.24) is 0 Å². The van der Waals surface area contributed by atoms with Crippen LogP contribution in [0.3, 0.4) is 0 Å². The lowest BCUT2D eigenvalue weighted by Gasteiger charge is -2.27. The van der Waals surface area contributed by atoms with E-state index in [1.807, 2.05) is 0 Å². The molecule has 148 valence electrons. The largest absolute Gasteiger partial charge is 0.755 e. The number of carbonyl (C=O) groups is 1. The number of rotatable bonds is 10. The van der Waals surface area contributed by atoms with Crippen molar-refractivity contribution in [2.45, 2.75) is 18.3 Å². The van der Waals surface area contributed by atoms with Crippen molar-refractivity contribution in [2.75, 3.05) is 23.3 Å². The number of hydrogen-bond donors (Lipinski definition) is 1. The predicted molar refractivity (Wildman–Crippen MR) is 83.5 cm³/mol. The molecule has 1 aromatic rings. The zero-order chi connectivity index (χ0) is 20.1. The summed E-state index contributed by atoms with van der Waals surface area (Å²) < 4.78 is 99.1. The van der Waals surface area contributed by atoms with Gasteiger partial charge in [-0.3, -0.25) is 12.9 Å². The summed E-state index contributed by atoms with van der Waals surface area (Å²) >= 11 is -3.23. The first-order valence-corrected chi connectivity index (χ1v) is 9.77. The van der Waals surface area contributed by atoms with Crippen molar-refractivity contribution in [2.24, 2.45) is 0 Å². The lowest BCUT2D eigenvalue weighted by molar-refractivity contribution is 0.0686. The molecule has 2 unspecified atom stereocenters. The maximum absolute atomic E-state index is 14.1. The van der Waals surface area contributed by atoms with E-state index in [9.17, 15) is 39.5 Å². The summed E-state index contributed by atoms with van der Waals surface area (Å²) in [5, 5.41) is 8.78. The number of sulfone groups is 1. The Labute approximate surface area is 149 Å². The molecule has 0 aromatic heterocycles. The standard InChI is InChI=1S/C13H15F4NO6S2/c14-5-1-7-26(23,24)10(16)4-6-18(25(21)22)9-3-2-8(15)11(12(9)17)13(19)20/h2-3,10H,1,4-7H2,(H,19,20)(H,21,22)/p-1. The zero-order valence-corrected chi connectivity index (χ0v) is 14.7. The number of hydrogen-bond acceptors (Lipinski definition) is 5. The minimum atomic E-state index is -4.35. The molecule has 1 aromatic carbocycles. The monoisotopic (exact) mass is 420 g/mol. The number of aromatic carboxylic acids is 1. The second kappa shape index (κ2) is 9.28. The van der Waals surface area contributed by atoms with E-state index in [2.05, 4.69) is 0 Å². The summed E-state index contributed by atoms with van der Waals surface area (Å²) in [6, 6.07) is 1.13. The predicted octanol–water partition coefficient (Wildman–Crippen LogP) is 1.72. The number of alkyl halides is 2. The fourth-order valence-electron chi connectivity index (χ4n) is 1.99. The summed E-state index contributed by atoms with van der Waals surface area (Å²) in [7, 11) is -4.35. The second-order valence-electron chi connectivity index (χ2n) is 4.99. The van der Waals surface area contributed by atoms with Crippen LogP contribution in [-0.2, 0) is 21.1 Å². The number of benzene rings is 1. The minimum Gasteiger partial charge on any atom is -0.755 e. The SMILES string of the molecule is O=C(O)c1c(F)ccc(N(CCC(F)S(=O)(=O)CCCF)S(=O)[O-])c1F. The van der Waals surface area contributed by atoms with Crippen molar-refractivity contribution >= 4 is 32.8 Å². The highest BCUT2D eigenvalue weighted by molar-refractivity contribution is 7.91. The van der Waals surface area contributed by atoms with Gasteiger partial charge in [0.1, 0.15) is 11.4 Å². The summed E-state index contributed by atoms with van der Waals surface area (Å²) in [4.78, 5) is 10.9. The first-order chi connectivity index (χ1) is 12.0. The van der Waals surface area contributed by atoms with Gasteiger partial charge < -0.3 is 9.66 Å². The molecule has 0 saturated heterocycles. The van der Waals surface area contributed by atoms with Crippen molar-refractivity contribution in [3.63, 3.8) is 0 Å². The highest BCUT2D eigenvalue weighted by Gasteiger charge is 2.27. The molecule has 26 heavy (non-hydrogen) atoms. The van der Waals surface area contributed by atoms with Gasteiger partial charge in [-0.1, -0.05) is 0 Å². The molecule has 13 heteroatoms. The topological polar surface area (TPSA) is 115 Å². The molecular formula is C13H14F4NO6S2-. The van der Waals surface area contributed by atoms with E-state index < -0.39 is 87.3 Å². The molecule has 7 nitrogen and oxygen atoms in total. The van der Waals surface area contributed by atoms with Crippen LogP contribution in [0.15, 0.2) is 12.1 Å². The van der Waals surface area contributed by atoms with Gasteiger partial charge in [0, 0.05) is 24.2 Å². The third-order valence-electron chi connectivity index (χ3n) is 3.24. The van der Waals surface area contributed by atoms with Crippen LogP contribution < -0.4 is 4.31 Å². The number of nitrogens with zero attached hydrogens (tertiary/aromatic N) is 1. The molecule has 0 aliphatic rings. The average molecular weight is 420 g/mol. The van der Waals surface area contributed by atoms with E-state index in [1.54, 1.807) is 0 Å². The Bertz CT molecular complexity index is 789. The molecule has 0 amide bonds. The van der Waals surface area contributed by atoms with Crippen LogP contribution in [0, 0.1) is 11.6 Å². The molecule has 0 spiro atoms. The van der Waals surface area contributed by atoms with E-state index in [0.717, 1.165) is 0 Å². The van der Waals surface area contributed by atoms with Crippen LogP contribution in [0.5, 0.6) is 0 Å². The van der Waals surface area contributed by atoms with Gasteiger partial charge in [0.25, 0.3) is 0 Å². The summed E-state index contributed by atoms with van der Waals surface area (Å²) in [6.07, 6.45) is -1.35. The number of anilines is 1. The van der Waals surface area contributed by atoms with E-state index >= 15 is 0 Å². The lowest BCUT2D eigenvalue weighted by Crippen LogP contribution is -2.32. The van der Waals surface area contributed by atoms with Gasteiger partial charge in [-0.2, -0.15) is 0 Å². The summed E-state index contributed by atoms with van der Waals surface area (Å²) in [5.74, 6) is -5.94. The number of carboxylic acids is 1. The third kappa shape index (κ3) is 5.38. The van der Waals surface area contributed by atoms with Crippen molar-refractivity contribution in [1.29, 1.82) is 0 Å². The van der Waals surface area contributed by atoms with Crippen LogP contribution in [-0.4, -0.2) is 52.7 Å². The molecule has 0 radical (unpaired) electrons. The normalized spacial score (nSPS) is 14.0. The zero-order valence-electron chi connectivity index (χ0n) is 13.0. The van der Waals surface area contributed by atoms with Gasteiger partial charge in [0.05, 0.1) is 18.1 Å². The quantitative estimate of drug-likeness (QED) is 0.455. The van der Waals surface area contributed by atoms with Gasteiger partial charge >= 0.3 is 5.97 Å². The van der Waals surface area contributed by atoms with Crippen molar-refractivity contribution < 1.29 is 44.6 Å². The molecular weight excluding hydrogens is 406 g/mol. The Morgan fingerprint density at radius 3 is 2.46 bits per heavy atom. The molecule has 0 bridgehead atoms. The fraction of sp³-hybridized carbons (Fsp3) is 0.462. The number of carboxylic acid groups (broad SMARTS) is 1. The van der Waals surface area contributed by atoms with E-state index in [1.165, 1.54) is 0 Å². The summed E-state index contributed by atoms with van der Waals surface area (Å²) in [6.45, 7) is -1.85. The molecule has 0 aliphatic carbocycles. The van der Waals surface area contributed by atoms with Crippen molar-refractivity contribution in [3.8, 4) is 0 Å². The second-order valence-corrected chi connectivity index (χ2v) is 8.11. The highest BCUT2D eigenvalue weighted by atomic mass is 32.2. The Morgan fingerprint density at radius 2 is 1.96 bits per heavy atom. The maximum Gasteiger partial charge on any atom is 0.341 e. The highest BCUT2D eigenvalue weighted by Crippen LogP contribution is 2.26. The molecule has 2 atom stereocenters. The van der Waals surface area contributed by atoms with Gasteiger partial charge in [0.15, 0.2) is 15.7 Å². The fourth-order valence-corrected chi connectivity index (χ4v) is 3.78. The van der Waals surface area contributed by atoms with Gasteiger partial charge in [-0.05, 0) is 18.6 Å². The minimum absolute atomic E-state index is 0.165. The Morgan fingerprint density at radius 1 is 1.35 bits per heavy atom. The smallest absolute Gasteiger partial charge is 0.341 e. The van der Waals surface area contributed by atoms with Crippen LogP contribution >= 0.6 is 0 Å². The van der Waals surface area contributed by atoms with E-state index in [0.29, 0.717) is 12.1 Å². The van der Waals surface area contributed by atoms with E-state index in [4.69, 9.17) is 5.11 Å². The maximum atomic E-state index is 14.1.